The van der Waals surface area contributed by atoms with Gasteiger partial charge in [0.05, 0.1) is 11.7 Å². The first-order valence-corrected chi connectivity index (χ1v) is 9.58. The van der Waals surface area contributed by atoms with Gasteiger partial charge in [0.2, 0.25) is 0 Å². The van der Waals surface area contributed by atoms with Gasteiger partial charge in [0.1, 0.15) is 0 Å². The van der Waals surface area contributed by atoms with Crippen molar-refractivity contribution >= 4 is 11.6 Å². The molecule has 0 N–H and O–H groups in total. The lowest BCUT2D eigenvalue weighted by atomic mass is 10.1. The molecule has 1 saturated heterocycles. The van der Waals surface area contributed by atoms with Crippen LogP contribution in [-0.4, -0.2) is 44.2 Å². The van der Waals surface area contributed by atoms with Gasteiger partial charge in [0.25, 0.3) is 5.91 Å². The van der Waals surface area contributed by atoms with Crippen LogP contribution >= 0.6 is 0 Å². The van der Waals surface area contributed by atoms with Crippen molar-refractivity contribution in [2.45, 2.75) is 31.7 Å². The second-order valence-corrected chi connectivity index (χ2v) is 7.46. The number of anilines is 1. The molecule has 7 heteroatoms. The number of halogens is 3. The molecule has 2 aromatic rings. The van der Waals surface area contributed by atoms with E-state index in [9.17, 15) is 18.0 Å². The Labute approximate surface area is 168 Å². The molecule has 2 aromatic carbocycles. The van der Waals surface area contributed by atoms with Gasteiger partial charge in [0, 0.05) is 45.0 Å². The van der Waals surface area contributed by atoms with Crippen LogP contribution in [0, 0.1) is 0 Å². The molecule has 0 radical (unpaired) electrons. The van der Waals surface area contributed by atoms with E-state index in [4.69, 9.17) is 4.74 Å². The Kier molecular flexibility index (Phi) is 6.47. The fourth-order valence-corrected chi connectivity index (χ4v) is 3.36. The number of benzene rings is 2. The van der Waals surface area contributed by atoms with Gasteiger partial charge in [-0.15, -0.1) is 0 Å². The minimum Gasteiger partial charge on any atom is -0.378 e. The van der Waals surface area contributed by atoms with E-state index in [1.54, 1.807) is 4.90 Å². The van der Waals surface area contributed by atoms with Crippen LogP contribution in [0.2, 0.25) is 0 Å². The number of rotatable bonds is 6. The highest BCUT2D eigenvalue weighted by Crippen LogP contribution is 2.29. The van der Waals surface area contributed by atoms with Crippen molar-refractivity contribution in [3.8, 4) is 0 Å². The maximum Gasteiger partial charge on any atom is 0.416 e. The summed E-state index contributed by atoms with van der Waals surface area (Å²) in [7, 11) is 3.90. The normalized spacial score (nSPS) is 16.7. The molecule has 1 aliphatic heterocycles. The molecule has 1 amide bonds. The lowest BCUT2D eigenvalue weighted by molar-refractivity contribution is -0.137. The van der Waals surface area contributed by atoms with E-state index in [1.807, 2.05) is 43.3 Å². The Morgan fingerprint density at radius 2 is 1.72 bits per heavy atom. The summed E-state index contributed by atoms with van der Waals surface area (Å²) in [6.07, 6.45) is -2.65. The summed E-state index contributed by atoms with van der Waals surface area (Å²) in [5.74, 6) is -0.300. The molecule has 1 heterocycles. The standard InChI is InChI=1S/C22H25F3N2O2/c1-26(2)19-11-5-16(6-12-19)14-27(15-20-4-3-13-29-20)21(28)17-7-9-18(10-8-17)22(23,24)25/h5-12,20H,3-4,13-15H2,1-2H3. The molecule has 0 aromatic heterocycles. The van der Waals surface area contributed by atoms with E-state index in [-0.39, 0.29) is 17.6 Å². The van der Waals surface area contributed by atoms with Crippen LogP contribution in [0.3, 0.4) is 0 Å². The zero-order valence-corrected chi connectivity index (χ0v) is 16.6. The molecule has 0 aliphatic carbocycles. The van der Waals surface area contributed by atoms with Gasteiger partial charge in [-0.2, -0.15) is 13.2 Å². The first kappa shape index (κ1) is 21.2. The molecule has 156 valence electrons. The number of amides is 1. The van der Waals surface area contributed by atoms with Gasteiger partial charge in [-0.3, -0.25) is 4.79 Å². The number of ether oxygens (including phenoxy) is 1. The van der Waals surface area contributed by atoms with Crippen molar-refractivity contribution in [3.05, 3.63) is 65.2 Å². The van der Waals surface area contributed by atoms with E-state index < -0.39 is 11.7 Å². The van der Waals surface area contributed by atoms with E-state index in [1.165, 1.54) is 12.1 Å². The van der Waals surface area contributed by atoms with Crippen LogP contribution in [0.25, 0.3) is 0 Å². The minimum absolute atomic E-state index is 0.0468. The maximum absolute atomic E-state index is 13.1. The van der Waals surface area contributed by atoms with Crippen molar-refractivity contribution in [2.24, 2.45) is 0 Å². The highest BCUT2D eigenvalue weighted by molar-refractivity contribution is 5.94. The first-order valence-electron chi connectivity index (χ1n) is 9.58. The van der Waals surface area contributed by atoms with Gasteiger partial charge in [-0.25, -0.2) is 0 Å². The second-order valence-electron chi connectivity index (χ2n) is 7.46. The monoisotopic (exact) mass is 406 g/mol. The number of nitrogens with zero attached hydrogens (tertiary/aromatic N) is 2. The molecule has 3 rings (SSSR count). The van der Waals surface area contributed by atoms with E-state index in [2.05, 4.69) is 0 Å². The molecule has 1 fully saturated rings. The van der Waals surface area contributed by atoms with Crippen LogP contribution in [0.1, 0.15) is 34.3 Å². The summed E-state index contributed by atoms with van der Waals surface area (Å²) in [4.78, 5) is 16.7. The molecular formula is C22H25F3N2O2. The van der Waals surface area contributed by atoms with Crippen LogP contribution in [0.5, 0.6) is 0 Å². The third kappa shape index (κ3) is 5.50. The van der Waals surface area contributed by atoms with Crippen molar-refractivity contribution in [1.82, 2.24) is 4.90 Å². The van der Waals surface area contributed by atoms with Gasteiger partial charge in [-0.1, -0.05) is 12.1 Å². The molecule has 0 saturated carbocycles. The molecule has 0 spiro atoms. The largest absolute Gasteiger partial charge is 0.416 e. The molecule has 29 heavy (non-hydrogen) atoms. The van der Waals surface area contributed by atoms with Crippen LogP contribution in [0.15, 0.2) is 48.5 Å². The van der Waals surface area contributed by atoms with E-state index in [0.717, 1.165) is 36.2 Å². The predicted molar refractivity (Wildman–Crippen MR) is 106 cm³/mol. The van der Waals surface area contributed by atoms with Crippen molar-refractivity contribution < 1.29 is 22.7 Å². The summed E-state index contributed by atoms with van der Waals surface area (Å²) in [5.41, 5.74) is 1.47. The lowest BCUT2D eigenvalue weighted by Gasteiger charge is -2.26. The summed E-state index contributed by atoms with van der Waals surface area (Å²) >= 11 is 0. The third-order valence-corrected chi connectivity index (χ3v) is 5.02. The topological polar surface area (TPSA) is 32.8 Å². The third-order valence-electron chi connectivity index (χ3n) is 5.02. The number of alkyl halides is 3. The smallest absolute Gasteiger partial charge is 0.378 e. The number of carbonyl (C=O) groups excluding carboxylic acids is 1. The number of hydrogen-bond acceptors (Lipinski definition) is 3. The Morgan fingerprint density at radius 3 is 2.24 bits per heavy atom. The van der Waals surface area contributed by atoms with E-state index >= 15 is 0 Å². The molecule has 4 nitrogen and oxygen atoms in total. The molecular weight excluding hydrogens is 381 g/mol. The predicted octanol–water partition coefficient (Wildman–Crippen LogP) is 4.59. The average molecular weight is 406 g/mol. The van der Waals surface area contributed by atoms with Crippen LogP contribution < -0.4 is 4.90 Å². The Hall–Kier alpha value is -2.54. The Morgan fingerprint density at radius 1 is 1.07 bits per heavy atom. The fraction of sp³-hybridized carbons (Fsp3) is 0.409. The summed E-state index contributed by atoms with van der Waals surface area (Å²) in [6, 6.07) is 12.2. The summed E-state index contributed by atoms with van der Waals surface area (Å²) in [5, 5.41) is 0. The van der Waals surface area contributed by atoms with Crippen molar-refractivity contribution in [2.75, 3.05) is 32.1 Å². The fourth-order valence-electron chi connectivity index (χ4n) is 3.36. The molecule has 0 bridgehead atoms. The van der Waals surface area contributed by atoms with Gasteiger partial charge < -0.3 is 14.5 Å². The highest BCUT2D eigenvalue weighted by atomic mass is 19.4. The quantitative estimate of drug-likeness (QED) is 0.703. The summed E-state index contributed by atoms with van der Waals surface area (Å²) < 4.78 is 44.1. The lowest BCUT2D eigenvalue weighted by Crippen LogP contribution is -2.37. The summed E-state index contributed by atoms with van der Waals surface area (Å²) in [6.45, 7) is 1.45. The maximum atomic E-state index is 13.1. The van der Waals surface area contributed by atoms with Crippen LogP contribution in [0.4, 0.5) is 18.9 Å². The Balaban J connectivity index is 1.79. The highest BCUT2D eigenvalue weighted by Gasteiger charge is 2.31. The second kappa shape index (κ2) is 8.86. The van der Waals surface area contributed by atoms with Gasteiger partial charge in [-0.05, 0) is 54.8 Å². The minimum atomic E-state index is -4.42. The zero-order chi connectivity index (χ0) is 21.0. The Bertz CT molecular complexity index is 811. The van der Waals surface area contributed by atoms with Crippen molar-refractivity contribution in [1.29, 1.82) is 0 Å². The molecule has 1 unspecified atom stereocenters. The zero-order valence-electron chi connectivity index (χ0n) is 16.6. The molecule has 1 aliphatic rings. The SMILES string of the molecule is CN(C)c1ccc(CN(CC2CCCO2)C(=O)c2ccc(C(F)(F)F)cc2)cc1. The average Bonchev–Trinajstić information content (AvgIpc) is 3.20. The van der Waals surface area contributed by atoms with Gasteiger partial charge in [0.15, 0.2) is 0 Å². The number of hydrogen-bond donors (Lipinski definition) is 0. The van der Waals surface area contributed by atoms with Crippen molar-refractivity contribution in [3.63, 3.8) is 0 Å². The van der Waals surface area contributed by atoms with Gasteiger partial charge >= 0.3 is 6.18 Å². The van der Waals surface area contributed by atoms with E-state index in [0.29, 0.717) is 19.7 Å². The first-order chi connectivity index (χ1) is 13.7. The number of carbonyl (C=O) groups is 1. The molecule has 1 atom stereocenters. The van der Waals surface area contributed by atoms with Crippen LogP contribution in [-0.2, 0) is 17.5 Å².